The van der Waals surface area contributed by atoms with E-state index in [2.05, 4.69) is 21.2 Å². The standard InChI is InChI=1S/C10H13BrN2O3/c1-2-12-9(14)3-4-13-6-7(10(15)16)5-8(13)11/h5-6H,2-4H2,1H3,(H,12,14)(H,15,16). The van der Waals surface area contributed by atoms with Crippen LogP contribution in [0, 0.1) is 0 Å². The first-order valence-corrected chi connectivity index (χ1v) is 5.69. The molecule has 0 aliphatic heterocycles. The SMILES string of the molecule is CCNC(=O)CCn1cc(C(=O)O)cc1Br. The largest absolute Gasteiger partial charge is 0.478 e. The molecule has 1 aromatic heterocycles. The summed E-state index contributed by atoms with van der Waals surface area (Å²) in [6.45, 7) is 2.91. The zero-order valence-corrected chi connectivity index (χ0v) is 10.5. The van der Waals surface area contributed by atoms with Crippen LogP contribution in [0.25, 0.3) is 0 Å². The maximum atomic E-state index is 11.2. The van der Waals surface area contributed by atoms with Crippen LogP contribution in [0.15, 0.2) is 16.9 Å². The number of aryl methyl sites for hydroxylation is 1. The lowest BCUT2D eigenvalue weighted by atomic mass is 10.3. The number of carbonyl (C=O) groups is 2. The number of hydrogen-bond donors (Lipinski definition) is 2. The third-order valence-corrected chi connectivity index (χ3v) is 2.73. The second kappa shape index (κ2) is 5.69. The summed E-state index contributed by atoms with van der Waals surface area (Å²) in [4.78, 5) is 21.9. The number of carboxylic acids is 1. The van der Waals surface area contributed by atoms with Crippen molar-refractivity contribution in [3.8, 4) is 0 Å². The number of nitrogens with zero attached hydrogens (tertiary/aromatic N) is 1. The third-order valence-electron chi connectivity index (χ3n) is 2.04. The number of aromatic carboxylic acids is 1. The highest BCUT2D eigenvalue weighted by Crippen LogP contribution is 2.15. The van der Waals surface area contributed by atoms with E-state index in [-0.39, 0.29) is 11.5 Å². The Hall–Kier alpha value is -1.30. The maximum absolute atomic E-state index is 11.2. The molecule has 0 aliphatic carbocycles. The molecule has 1 rings (SSSR count). The Balaban J connectivity index is 2.60. The summed E-state index contributed by atoms with van der Waals surface area (Å²) < 4.78 is 2.35. The molecule has 1 amide bonds. The van der Waals surface area contributed by atoms with Crippen LogP contribution in [0.4, 0.5) is 0 Å². The summed E-state index contributed by atoms with van der Waals surface area (Å²) in [6, 6.07) is 1.51. The first-order chi connectivity index (χ1) is 7.54. The van der Waals surface area contributed by atoms with E-state index in [1.54, 1.807) is 4.57 Å². The van der Waals surface area contributed by atoms with Crippen molar-refractivity contribution in [2.75, 3.05) is 6.54 Å². The number of carboxylic acid groups (broad SMARTS) is 1. The normalized spacial score (nSPS) is 10.1. The first kappa shape index (κ1) is 12.8. The Morgan fingerprint density at radius 2 is 2.25 bits per heavy atom. The molecule has 0 unspecified atom stereocenters. The van der Waals surface area contributed by atoms with Crippen molar-refractivity contribution in [1.82, 2.24) is 9.88 Å². The quantitative estimate of drug-likeness (QED) is 0.862. The lowest BCUT2D eigenvalue weighted by Crippen LogP contribution is -2.23. The Bertz CT molecular complexity index is 401. The van der Waals surface area contributed by atoms with Crippen molar-refractivity contribution in [1.29, 1.82) is 0 Å². The average molecular weight is 289 g/mol. The fraction of sp³-hybridized carbons (Fsp3) is 0.400. The number of amides is 1. The molecule has 0 saturated heterocycles. The number of halogens is 1. The van der Waals surface area contributed by atoms with Gasteiger partial charge in [-0.25, -0.2) is 4.79 Å². The number of aromatic nitrogens is 1. The van der Waals surface area contributed by atoms with Gasteiger partial charge in [-0.2, -0.15) is 0 Å². The highest BCUT2D eigenvalue weighted by atomic mass is 79.9. The summed E-state index contributed by atoms with van der Waals surface area (Å²) in [7, 11) is 0. The van der Waals surface area contributed by atoms with E-state index in [9.17, 15) is 9.59 Å². The van der Waals surface area contributed by atoms with E-state index in [1.165, 1.54) is 12.3 Å². The van der Waals surface area contributed by atoms with Crippen LogP contribution < -0.4 is 5.32 Å². The molecule has 2 N–H and O–H groups in total. The smallest absolute Gasteiger partial charge is 0.337 e. The van der Waals surface area contributed by atoms with E-state index in [1.807, 2.05) is 6.92 Å². The van der Waals surface area contributed by atoms with Gasteiger partial charge in [-0.05, 0) is 28.9 Å². The topological polar surface area (TPSA) is 71.3 Å². The molecule has 5 nitrogen and oxygen atoms in total. The van der Waals surface area contributed by atoms with E-state index in [0.717, 1.165) is 0 Å². The summed E-state index contributed by atoms with van der Waals surface area (Å²) in [5, 5.41) is 11.5. The van der Waals surface area contributed by atoms with Crippen LogP contribution in [0.3, 0.4) is 0 Å². The van der Waals surface area contributed by atoms with Crippen molar-refractivity contribution < 1.29 is 14.7 Å². The molecular formula is C10H13BrN2O3. The van der Waals surface area contributed by atoms with Gasteiger partial charge < -0.3 is 15.0 Å². The van der Waals surface area contributed by atoms with E-state index in [0.29, 0.717) is 24.1 Å². The highest BCUT2D eigenvalue weighted by molar-refractivity contribution is 9.10. The predicted molar refractivity (Wildman–Crippen MR) is 62.4 cm³/mol. The molecule has 0 radical (unpaired) electrons. The van der Waals surface area contributed by atoms with Crippen molar-refractivity contribution in [3.63, 3.8) is 0 Å². The van der Waals surface area contributed by atoms with Crippen LogP contribution in [-0.2, 0) is 11.3 Å². The molecule has 16 heavy (non-hydrogen) atoms. The lowest BCUT2D eigenvalue weighted by molar-refractivity contribution is -0.121. The van der Waals surface area contributed by atoms with E-state index in [4.69, 9.17) is 5.11 Å². The van der Waals surface area contributed by atoms with Gasteiger partial charge in [0.05, 0.1) is 10.2 Å². The predicted octanol–water partition coefficient (Wildman–Crippen LogP) is 1.47. The molecule has 0 saturated carbocycles. The Kier molecular flexibility index (Phi) is 4.54. The molecule has 0 aliphatic rings. The molecule has 0 spiro atoms. The average Bonchev–Trinajstić information content (AvgIpc) is 2.58. The van der Waals surface area contributed by atoms with Crippen molar-refractivity contribution in [2.45, 2.75) is 19.9 Å². The molecule has 88 valence electrons. The summed E-state index contributed by atoms with van der Waals surface area (Å²) >= 11 is 3.24. The van der Waals surface area contributed by atoms with Crippen molar-refractivity contribution in [2.24, 2.45) is 0 Å². The van der Waals surface area contributed by atoms with Gasteiger partial charge in [0.2, 0.25) is 5.91 Å². The van der Waals surface area contributed by atoms with E-state index >= 15 is 0 Å². The van der Waals surface area contributed by atoms with Gasteiger partial charge in [0.15, 0.2) is 0 Å². The third kappa shape index (κ3) is 3.37. The maximum Gasteiger partial charge on any atom is 0.337 e. The van der Waals surface area contributed by atoms with Crippen LogP contribution in [-0.4, -0.2) is 28.1 Å². The summed E-state index contributed by atoms with van der Waals surface area (Å²) in [5.74, 6) is -1.02. The Labute approximate surface area is 102 Å². The van der Waals surface area contributed by atoms with Gasteiger partial charge in [0.25, 0.3) is 0 Å². The second-order valence-corrected chi connectivity index (χ2v) is 4.07. The zero-order chi connectivity index (χ0) is 12.1. The van der Waals surface area contributed by atoms with Crippen LogP contribution in [0.5, 0.6) is 0 Å². The highest BCUT2D eigenvalue weighted by Gasteiger charge is 2.10. The Morgan fingerprint density at radius 1 is 1.56 bits per heavy atom. The monoisotopic (exact) mass is 288 g/mol. The van der Waals surface area contributed by atoms with Gasteiger partial charge in [-0.1, -0.05) is 0 Å². The van der Waals surface area contributed by atoms with Gasteiger partial charge in [0.1, 0.15) is 0 Å². The van der Waals surface area contributed by atoms with Gasteiger partial charge >= 0.3 is 5.97 Å². The van der Waals surface area contributed by atoms with Crippen LogP contribution >= 0.6 is 15.9 Å². The minimum Gasteiger partial charge on any atom is -0.478 e. The molecule has 1 aromatic rings. The molecule has 0 bridgehead atoms. The molecule has 6 heteroatoms. The van der Waals surface area contributed by atoms with Crippen LogP contribution in [0.2, 0.25) is 0 Å². The van der Waals surface area contributed by atoms with Crippen molar-refractivity contribution >= 4 is 27.8 Å². The molecule has 1 heterocycles. The van der Waals surface area contributed by atoms with Gasteiger partial charge in [-0.15, -0.1) is 0 Å². The van der Waals surface area contributed by atoms with Crippen LogP contribution in [0.1, 0.15) is 23.7 Å². The molecule has 0 atom stereocenters. The summed E-state index contributed by atoms with van der Waals surface area (Å²) in [5.41, 5.74) is 0.211. The summed E-state index contributed by atoms with van der Waals surface area (Å²) in [6.07, 6.45) is 1.84. The lowest BCUT2D eigenvalue weighted by Gasteiger charge is -2.04. The Morgan fingerprint density at radius 3 is 2.75 bits per heavy atom. The molecule has 0 aromatic carbocycles. The number of carbonyl (C=O) groups excluding carboxylic acids is 1. The van der Waals surface area contributed by atoms with Gasteiger partial charge in [-0.3, -0.25) is 4.79 Å². The number of hydrogen-bond acceptors (Lipinski definition) is 2. The minimum atomic E-state index is -0.975. The number of nitrogens with one attached hydrogen (secondary N) is 1. The second-order valence-electron chi connectivity index (χ2n) is 3.25. The fourth-order valence-corrected chi connectivity index (χ4v) is 1.80. The zero-order valence-electron chi connectivity index (χ0n) is 8.86. The number of rotatable bonds is 5. The fourth-order valence-electron chi connectivity index (χ4n) is 1.27. The van der Waals surface area contributed by atoms with Gasteiger partial charge in [0, 0.05) is 25.7 Å². The minimum absolute atomic E-state index is 0.0417. The molecular weight excluding hydrogens is 276 g/mol. The first-order valence-electron chi connectivity index (χ1n) is 4.90. The van der Waals surface area contributed by atoms with E-state index < -0.39 is 5.97 Å². The molecule has 0 fully saturated rings. The van der Waals surface area contributed by atoms with Crippen molar-refractivity contribution in [3.05, 3.63) is 22.4 Å².